The highest BCUT2D eigenvalue weighted by Gasteiger charge is 2.19. The molecule has 0 aromatic heterocycles. The van der Waals surface area contributed by atoms with Crippen molar-refractivity contribution in [2.24, 2.45) is 0 Å². The Labute approximate surface area is 144 Å². The van der Waals surface area contributed by atoms with Crippen LogP contribution in [0.15, 0.2) is 24.3 Å². The highest BCUT2D eigenvalue weighted by molar-refractivity contribution is 7.81. The van der Waals surface area contributed by atoms with Crippen molar-refractivity contribution in [1.29, 1.82) is 0 Å². The smallest absolute Gasteiger partial charge is 0.00731 e. The van der Waals surface area contributed by atoms with Gasteiger partial charge in [-0.15, -0.1) is 0 Å². The molecule has 1 aromatic carbocycles. The summed E-state index contributed by atoms with van der Waals surface area (Å²) in [6.07, 6.45) is 10.7. The zero-order chi connectivity index (χ0) is 16.6. The van der Waals surface area contributed by atoms with E-state index in [2.05, 4.69) is 71.5 Å². The first kappa shape index (κ1) is 19.6. The number of aryl methyl sites for hydroxylation is 1. The Kier molecular flexibility index (Phi) is 8.03. The van der Waals surface area contributed by atoms with Crippen LogP contribution in [0.1, 0.15) is 90.2 Å². The molecular formula is C21H36S. The Morgan fingerprint density at radius 3 is 1.68 bits per heavy atom. The number of unbranched alkanes of at least 4 members (excludes halogenated alkanes) is 5. The maximum Gasteiger partial charge on any atom is 0.00731 e. The molecule has 1 rings (SSSR count). The summed E-state index contributed by atoms with van der Waals surface area (Å²) >= 11 is 4.59. The number of thiol groups is 1. The van der Waals surface area contributed by atoms with E-state index in [0.29, 0.717) is 5.41 Å². The van der Waals surface area contributed by atoms with Crippen molar-refractivity contribution in [2.45, 2.75) is 96.1 Å². The molecule has 126 valence electrons. The van der Waals surface area contributed by atoms with Crippen molar-refractivity contribution >= 4 is 12.6 Å². The summed E-state index contributed by atoms with van der Waals surface area (Å²) in [4.78, 5) is 0. The van der Waals surface area contributed by atoms with E-state index >= 15 is 0 Å². The summed E-state index contributed by atoms with van der Waals surface area (Å²) in [6.45, 7) is 11.3. The lowest BCUT2D eigenvalue weighted by atomic mass is 9.80. The third-order valence-electron chi connectivity index (χ3n) is 4.67. The normalized spacial score (nSPS) is 12.6. The fraction of sp³-hybridized carbons (Fsp3) is 0.714. The molecule has 0 nitrogen and oxygen atoms in total. The second kappa shape index (κ2) is 9.01. The van der Waals surface area contributed by atoms with Crippen LogP contribution in [0.2, 0.25) is 0 Å². The molecule has 0 amide bonds. The third kappa shape index (κ3) is 8.27. The van der Waals surface area contributed by atoms with Crippen LogP contribution < -0.4 is 0 Å². The van der Waals surface area contributed by atoms with Crippen LogP contribution in [0.4, 0.5) is 0 Å². The molecule has 0 aliphatic carbocycles. The van der Waals surface area contributed by atoms with Crippen molar-refractivity contribution < 1.29 is 0 Å². The number of hydrogen-bond acceptors (Lipinski definition) is 1. The van der Waals surface area contributed by atoms with Gasteiger partial charge in [-0.2, -0.15) is 12.6 Å². The molecule has 0 unspecified atom stereocenters. The standard InChI is InChI=1S/C21H36S/c1-18-12-14-19(15-13-18)20(2,3)16-10-8-6-7-9-11-17-21(4,5)22/h12-15,22H,6-11,16-17H2,1-5H3. The second-order valence-corrected chi connectivity index (χ2v) is 9.39. The van der Waals surface area contributed by atoms with Crippen LogP contribution in [0, 0.1) is 6.92 Å². The molecule has 0 N–H and O–H groups in total. The average Bonchev–Trinajstić information content (AvgIpc) is 2.41. The zero-order valence-corrected chi connectivity index (χ0v) is 16.3. The molecule has 0 saturated heterocycles. The second-order valence-electron chi connectivity index (χ2n) is 8.18. The SMILES string of the molecule is Cc1ccc(C(C)(C)CCCCCCCCC(C)(C)S)cc1. The number of rotatable bonds is 10. The molecule has 1 heteroatoms. The lowest BCUT2D eigenvalue weighted by Crippen LogP contribution is -2.16. The van der Waals surface area contributed by atoms with E-state index in [0.717, 1.165) is 0 Å². The Hall–Kier alpha value is -0.430. The van der Waals surface area contributed by atoms with Gasteiger partial charge < -0.3 is 0 Å². The Balaban J connectivity index is 2.14. The van der Waals surface area contributed by atoms with Gasteiger partial charge in [-0.3, -0.25) is 0 Å². The minimum atomic E-state index is 0.206. The summed E-state index contributed by atoms with van der Waals surface area (Å²) in [7, 11) is 0. The first-order valence-electron chi connectivity index (χ1n) is 9.00. The summed E-state index contributed by atoms with van der Waals surface area (Å²) in [5, 5.41) is 0. The molecule has 0 atom stereocenters. The van der Waals surface area contributed by atoms with E-state index < -0.39 is 0 Å². The van der Waals surface area contributed by atoms with Crippen LogP contribution in [-0.2, 0) is 5.41 Å². The van der Waals surface area contributed by atoms with Gasteiger partial charge in [-0.25, -0.2) is 0 Å². The van der Waals surface area contributed by atoms with Gasteiger partial charge >= 0.3 is 0 Å². The van der Waals surface area contributed by atoms with Gasteiger partial charge in [0.1, 0.15) is 0 Å². The molecule has 0 heterocycles. The Bertz CT molecular complexity index is 409. The maximum absolute atomic E-state index is 4.59. The molecule has 0 fully saturated rings. The molecule has 0 bridgehead atoms. The monoisotopic (exact) mass is 320 g/mol. The molecular weight excluding hydrogens is 284 g/mol. The molecule has 0 spiro atoms. The molecule has 1 aromatic rings. The fourth-order valence-corrected chi connectivity index (χ4v) is 3.14. The van der Waals surface area contributed by atoms with Crippen LogP contribution in [0.5, 0.6) is 0 Å². The van der Waals surface area contributed by atoms with Gasteiger partial charge in [0.25, 0.3) is 0 Å². The largest absolute Gasteiger partial charge is 0.173 e. The molecule has 0 aliphatic rings. The predicted octanol–water partition coefficient (Wildman–Crippen LogP) is 7.10. The van der Waals surface area contributed by atoms with Crippen LogP contribution in [-0.4, -0.2) is 4.75 Å². The molecule has 22 heavy (non-hydrogen) atoms. The highest BCUT2D eigenvalue weighted by Crippen LogP contribution is 2.29. The average molecular weight is 321 g/mol. The molecule has 0 aliphatic heterocycles. The topological polar surface area (TPSA) is 0 Å². The molecule has 0 saturated carbocycles. The van der Waals surface area contributed by atoms with E-state index in [4.69, 9.17) is 0 Å². The van der Waals surface area contributed by atoms with Gasteiger partial charge in [0.05, 0.1) is 0 Å². The first-order chi connectivity index (χ1) is 10.2. The van der Waals surface area contributed by atoms with Crippen molar-refractivity contribution in [3.8, 4) is 0 Å². The van der Waals surface area contributed by atoms with Gasteiger partial charge in [-0.1, -0.05) is 96.0 Å². The Morgan fingerprint density at radius 2 is 1.18 bits per heavy atom. The highest BCUT2D eigenvalue weighted by atomic mass is 32.1. The van der Waals surface area contributed by atoms with Crippen molar-refractivity contribution in [1.82, 2.24) is 0 Å². The van der Waals surface area contributed by atoms with Crippen LogP contribution in [0.3, 0.4) is 0 Å². The number of hydrogen-bond donors (Lipinski definition) is 1. The Morgan fingerprint density at radius 1 is 0.727 bits per heavy atom. The summed E-state index contributed by atoms with van der Waals surface area (Å²) in [5.41, 5.74) is 3.14. The lowest BCUT2D eigenvalue weighted by Gasteiger charge is -2.25. The van der Waals surface area contributed by atoms with Crippen LogP contribution >= 0.6 is 12.6 Å². The zero-order valence-electron chi connectivity index (χ0n) is 15.4. The summed E-state index contributed by atoms with van der Waals surface area (Å²) in [5.74, 6) is 0. The van der Waals surface area contributed by atoms with E-state index in [1.165, 1.54) is 62.5 Å². The first-order valence-corrected chi connectivity index (χ1v) is 9.45. The maximum atomic E-state index is 4.59. The quantitative estimate of drug-likeness (QED) is 0.345. The van der Waals surface area contributed by atoms with E-state index in [1.54, 1.807) is 0 Å². The fourth-order valence-electron chi connectivity index (χ4n) is 2.98. The summed E-state index contributed by atoms with van der Waals surface area (Å²) in [6, 6.07) is 9.07. The van der Waals surface area contributed by atoms with Crippen LogP contribution in [0.25, 0.3) is 0 Å². The summed E-state index contributed by atoms with van der Waals surface area (Å²) < 4.78 is 0.206. The van der Waals surface area contributed by atoms with Gasteiger partial charge in [0.15, 0.2) is 0 Å². The van der Waals surface area contributed by atoms with Gasteiger partial charge in [0.2, 0.25) is 0 Å². The number of benzene rings is 1. The van der Waals surface area contributed by atoms with E-state index in [9.17, 15) is 0 Å². The molecule has 0 radical (unpaired) electrons. The minimum Gasteiger partial charge on any atom is -0.173 e. The van der Waals surface area contributed by atoms with Crippen molar-refractivity contribution in [3.05, 3.63) is 35.4 Å². The van der Waals surface area contributed by atoms with E-state index in [-0.39, 0.29) is 4.75 Å². The van der Waals surface area contributed by atoms with Gasteiger partial charge in [-0.05, 0) is 30.7 Å². The van der Waals surface area contributed by atoms with Crippen molar-refractivity contribution in [2.75, 3.05) is 0 Å². The lowest BCUT2D eigenvalue weighted by molar-refractivity contribution is 0.440. The third-order valence-corrected chi connectivity index (χ3v) is 4.90. The predicted molar refractivity (Wildman–Crippen MR) is 104 cm³/mol. The van der Waals surface area contributed by atoms with Gasteiger partial charge in [0, 0.05) is 4.75 Å². The van der Waals surface area contributed by atoms with Crippen molar-refractivity contribution in [3.63, 3.8) is 0 Å². The van der Waals surface area contributed by atoms with E-state index in [1.807, 2.05) is 0 Å². The minimum absolute atomic E-state index is 0.206.